The van der Waals surface area contributed by atoms with Crippen LogP contribution in [0.2, 0.25) is 0 Å². The van der Waals surface area contributed by atoms with E-state index in [4.69, 9.17) is 14.7 Å². The molecule has 1 rings (SSSR count). The summed E-state index contributed by atoms with van der Waals surface area (Å²) in [6.07, 6.45) is 0. The van der Waals surface area contributed by atoms with Gasteiger partial charge >= 0.3 is 5.97 Å². The SMILES string of the molecule is COOc1c(O)c(C(=O)O)c(C)c(C)c1OC. The second-order valence-electron chi connectivity index (χ2n) is 3.39. The molecule has 0 aliphatic carbocycles. The molecular formula is C11H14O6. The number of phenols is 1. The molecule has 2 N–H and O–H groups in total. The van der Waals surface area contributed by atoms with Gasteiger partial charge in [-0.3, -0.25) is 0 Å². The zero-order valence-corrected chi connectivity index (χ0v) is 10.0. The number of rotatable bonds is 4. The summed E-state index contributed by atoms with van der Waals surface area (Å²) in [5.41, 5.74) is 0.750. The molecule has 0 heterocycles. The van der Waals surface area contributed by atoms with Crippen LogP contribution in [0.15, 0.2) is 0 Å². The van der Waals surface area contributed by atoms with Crippen molar-refractivity contribution in [3.05, 3.63) is 16.7 Å². The molecule has 0 saturated carbocycles. The van der Waals surface area contributed by atoms with Gasteiger partial charge in [0.25, 0.3) is 0 Å². The van der Waals surface area contributed by atoms with E-state index >= 15 is 0 Å². The van der Waals surface area contributed by atoms with Crippen molar-refractivity contribution in [1.82, 2.24) is 0 Å². The first-order chi connectivity index (χ1) is 7.95. The van der Waals surface area contributed by atoms with E-state index in [1.165, 1.54) is 14.2 Å². The van der Waals surface area contributed by atoms with Gasteiger partial charge in [-0.2, -0.15) is 4.89 Å². The second kappa shape index (κ2) is 4.92. The Labute approximate surface area is 98.3 Å². The number of hydrogen-bond acceptors (Lipinski definition) is 5. The van der Waals surface area contributed by atoms with E-state index in [0.29, 0.717) is 11.1 Å². The van der Waals surface area contributed by atoms with Crippen LogP contribution in [0, 0.1) is 13.8 Å². The Balaban J connectivity index is 3.63. The molecule has 0 aliphatic rings. The van der Waals surface area contributed by atoms with Gasteiger partial charge in [0.2, 0.25) is 5.75 Å². The molecular weight excluding hydrogens is 228 g/mol. The Morgan fingerprint density at radius 2 is 1.71 bits per heavy atom. The topological polar surface area (TPSA) is 85.2 Å². The van der Waals surface area contributed by atoms with Crippen molar-refractivity contribution in [2.24, 2.45) is 0 Å². The predicted molar refractivity (Wildman–Crippen MR) is 58.7 cm³/mol. The molecule has 0 radical (unpaired) electrons. The van der Waals surface area contributed by atoms with Gasteiger partial charge < -0.3 is 19.8 Å². The molecule has 0 aromatic heterocycles. The summed E-state index contributed by atoms with van der Waals surface area (Å²) in [6.45, 7) is 3.25. The lowest BCUT2D eigenvalue weighted by atomic mass is 10.0. The number of methoxy groups -OCH3 is 1. The zero-order chi connectivity index (χ0) is 13.2. The Kier molecular flexibility index (Phi) is 3.80. The van der Waals surface area contributed by atoms with Crippen molar-refractivity contribution in [1.29, 1.82) is 0 Å². The number of carbonyl (C=O) groups is 1. The standard InChI is InChI=1S/C11H14O6/c1-5-6(2)9(15-3)10(17-16-4)8(12)7(5)11(13)14/h12H,1-4H3,(H,13,14). The van der Waals surface area contributed by atoms with Gasteiger partial charge in [-0.15, -0.1) is 0 Å². The van der Waals surface area contributed by atoms with E-state index in [9.17, 15) is 9.90 Å². The van der Waals surface area contributed by atoms with Crippen molar-refractivity contribution in [3.63, 3.8) is 0 Å². The van der Waals surface area contributed by atoms with Crippen LogP contribution in [0.5, 0.6) is 17.2 Å². The third-order valence-electron chi connectivity index (χ3n) is 2.52. The lowest BCUT2D eigenvalue weighted by Gasteiger charge is -2.16. The first kappa shape index (κ1) is 13.1. The smallest absolute Gasteiger partial charge is 0.339 e. The molecule has 0 spiro atoms. The number of carboxylic acids is 1. The van der Waals surface area contributed by atoms with Gasteiger partial charge in [0.15, 0.2) is 11.5 Å². The number of aromatic carboxylic acids is 1. The van der Waals surface area contributed by atoms with Crippen molar-refractivity contribution in [2.45, 2.75) is 13.8 Å². The van der Waals surface area contributed by atoms with Crippen LogP contribution in [0.4, 0.5) is 0 Å². The lowest BCUT2D eigenvalue weighted by Crippen LogP contribution is -2.06. The normalized spacial score (nSPS) is 10.1. The summed E-state index contributed by atoms with van der Waals surface area (Å²) in [5, 5.41) is 18.9. The first-order valence-corrected chi connectivity index (χ1v) is 4.79. The van der Waals surface area contributed by atoms with E-state index < -0.39 is 11.7 Å². The Bertz CT molecular complexity index is 452. The van der Waals surface area contributed by atoms with Crippen molar-refractivity contribution in [3.8, 4) is 17.2 Å². The first-order valence-electron chi connectivity index (χ1n) is 4.79. The monoisotopic (exact) mass is 242 g/mol. The molecule has 6 nitrogen and oxygen atoms in total. The highest BCUT2D eigenvalue weighted by Gasteiger charge is 2.26. The van der Waals surface area contributed by atoms with Gasteiger partial charge in [0.1, 0.15) is 5.56 Å². The summed E-state index contributed by atoms with van der Waals surface area (Å²) in [5.74, 6) is -1.66. The maximum atomic E-state index is 11.1. The van der Waals surface area contributed by atoms with Gasteiger partial charge in [-0.25, -0.2) is 4.79 Å². The lowest BCUT2D eigenvalue weighted by molar-refractivity contribution is -0.180. The van der Waals surface area contributed by atoms with E-state index in [1.807, 2.05) is 0 Å². The Morgan fingerprint density at radius 1 is 1.12 bits per heavy atom. The van der Waals surface area contributed by atoms with E-state index in [0.717, 1.165) is 0 Å². The van der Waals surface area contributed by atoms with Crippen molar-refractivity contribution in [2.75, 3.05) is 14.2 Å². The molecule has 1 aromatic rings. The highest BCUT2D eigenvalue weighted by molar-refractivity contribution is 5.95. The molecule has 0 amide bonds. The summed E-state index contributed by atoms with van der Waals surface area (Å²) < 4.78 is 5.07. The maximum absolute atomic E-state index is 11.1. The fraction of sp³-hybridized carbons (Fsp3) is 0.364. The van der Waals surface area contributed by atoms with Gasteiger partial charge in [-0.05, 0) is 25.0 Å². The quantitative estimate of drug-likeness (QED) is 0.617. The summed E-state index contributed by atoms with van der Waals surface area (Å²) >= 11 is 0. The van der Waals surface area contributed by atoms with E-state index in [-0.39, 0.29) is 17.1 Å². The number of aromatic hydroxyl groups is 1. The second-order valence-corrected chi connectivity index (χ2v) is 3.39. The summed E-state index contributed by atoms with van der Waals surface area (Å²) in [6, 6.07) is 0. The molecule has 6 heteroatoms. The molecule has 0 atom stereocenters. The largest absolute Gasteiger partial charge is 0.503 e. The van der Waals surface area contributed by atoms with Crippen molar-refractivity contribution >= 4 is 5.97 Å². The van der Waals surface area contributed by atoms with Crippen LogP contribution in [-0.4, -0.2) is 30.4 Å². The molecule has 0 aliphatic heterocycles. The average molecular weight is 242 g/mol. The maximum Gasteiger partial charge on any atom is 0.339 e. The minimum absolute atomic E-state index is 0.143. The number of hydrogen-bond donors (Lipinski definition) is 2. The van der Waals surface area contributed by atoms with Crippen LogP contribution in [0.3, 0.4) is 0 Å². The molecule has 0 unspecified atom stereocenters. The summed E-state index contributed by atoms with van der Waals surface area (Å²) in [4.78, 5) is 20.2. The number of ether oxygens (including phenoxy) is 1. The van der Waals surface area contributed by atoms with Gasteiger partial charge in [0.05, 0.1) is 14.2 Å². The van der Waals surface area contributed by atoms with Crippen molar-refractivity contribution < 1.29 is 29.5 Å². The van der Waals surface area contributed by atoms with Crippen LogP contribution < -0.4 is 9.62 Å². The molecule has 1 aromatic carbocycles. The van der Waals surface area contributed by atoms with Crippen LogP contribution in [0.25, 0.3) is 0 Å². The molecule has 0 fully saturated rings. The molecule has 17 heavy (non-hydrogen) atoms. The number of carboxylic acid groups (broad SMARTS) is 1. The Hall–Kier alpha value is -1.95. The fourth-order valence-electron chi connectivity index (χ4n) is 1.59. The third kappa shape index (κ3) is 2.12. The minimum atomic E-state index is -1.24. The molecule has 0 saturated heterocycles. The van der Waals surface area contributed by atoms with E-state index in [1.54, 1.807) is 13.8 Å². The average Bonchev–Trinajstić information content (AvgIpc) is 2.26. The van der Waals surface area contributed by atoms with Gasteiger partial charge in [-0.1, -0.05) is 0 Å². The fourth-order valence-corrected chi connectivity index (χ4v) is 1.59. The van der Waals surface area contributed by atoms with Gasteiger partial charge in [0, 0.05) is 0 Å². The summed E-state index contributed by atoms with van der Waals surface area (Å²) in [7, 11) is 2.64. The highest BCUT2D eigenvalue weighted by Crippen LogP contribution is 2.44. The van der Waals surface area contributed by atoms with Crippen LogP contribution in [0.1, 0.15) is 21.5 Å². The molecule has 94 valence electrons. The van der Waals surface area contributed by atoms with Crippen LogP contribution >= 0.6 is 0 Å². The third-order valence-corrected chi connectivity index (χ3v) is 2.52. The number of benzene rings is 1. The Morgan fingerprint density at radius 3 is 2.12 bits per heavy atom. The van der Waals surface area contributed by atoms with E-state index in [2.05, 4.69) is 4.89 Å². The highest BCUT2D eigenvalue weighted by atomic mass is 17.2. The minimum Gasteiger partial charge on any atom is -0.503 e. The van der Waals surface area contributed by atoms with Crippen LogP contribution in [-0.2, 0) is 4.89 Å². The molecule has 0 bridgehead atoms. The predicted octanol–water partition coefficient (Wildman–Crippen LogP) is 1.66. The zero-order valence-electron chi connectivity index (χ0n) is 10.0.